The molecular weight excluding hydrogens is 318 g/mol. The highest BCUT2D eigenvalue weighted by Gasteiger charge is 2.42. The highest BCUT2D eigenvalue weighted by Crippen LogP contribution is 2.30. The van der Waals surface area contributed by atoms with Crippen LogP contribution in [0.5, 0.6) is 5.75 Å². The SMILES string of the molecule is COc1ccccc1-c1cc(NC(O)C2CC(F)(F)CN2)ncn1. The van der Waals surface area contributed by atoms with Crippen molar-refractivity contribution in [2.45, 2.75) is 24.6 Å². The molecule has 0 radical (unpaired) electrons. The molecule has 2 unspecified atom stereocenters. The van der Waals surface area contributed by atoms with Gasteiger partial charge in [-0.2, -0.15) is 0 Å². The minimum Gasteiger partial charge on any atom is -0.496 e. The van der Waals surface area contributed by atoms with Crippen molar-refractivity contribution in [3.8, 4) is 17.0 Å². The van der Waals surface area contributed by atoms with Crippen molar-refractivity contribution in [3.63, 3.8) is 0 Å². The van der Waals surface area contributed by atoms with Crippen LogP contribution in [0.4, 0.5) is 14.6 Å². The summed E-state index contributed by atoms with van der Waals surface area (Å²) < 4.78 is 31.7. The van der Waals surface area contributed by atoms with Crippen LogP contribution in [-0.2, 0) is 0 Å². The molecule has 8 heteroatoms. The van der Waals surface area contributed by atoms with E-state index >= 15 is 0 Å². The molecule has 1 aliphatic rings. The molecule has 1 aliphatic heterocycles. The number of halogens is 2. The molecule has 2 atom stereocenters. The molecule has 24 heavy (non-hydrogen) atoms. The summed E-state index contributed by atoms with van der Waals surface area (Å²) in [6.45, 7) is -0.438. The molecule has 2 aromatic rings. The maximum Gasteiger partial charge on any atom is 0.262 e. The number of hydrogen-bond acceptors (Lipinski definition) is 6. The summed E-state index contributed by atoms with van der Waals surface area (Å²) in [5.41, 5.74) is 1.37. The largest absolute Gasteiger partial charge is 0.496 e. The summed E-state index contributed by atoms with van der Waals surface area (Å²) >= 11 is 0. The van der Waals surface area contributed by atoms with Gasteiger partial charge in [-0.1, -0.05) is 12.1 Å². The van der Waals surface area contributed by atoms with Gasteiger partial charge in [0, 0.05) is 18.1 Å². The molecule has 0 aliphatic carbocycles. The maximum absolute atomic E-state index is 13.2. The van der Waals surface area contributed by atoms with E-state index in [1.807, 2.05) is 24.3 Å². The lowest BCUT2D eigenvalue weighted by atomic mass is 10.1. The Morgan fingerprint density at radius 3 is 2.88 bits per heavy atom. The van der Waals surface area contributed by atoms with Crippen LogP contribution in [0.3, 0.4) is 0 Å². The van der Waals surface area contributed by atoms with Crippen LogP contribution in [0, 0.1) is 0 Å². The van der Waals surface area contributed by atoms with Gasteiger partial charge in [0.2, 0.25) is 0 Å². The van der Waals surface area contributed by atoms with Crippen molar-refractivity contribution in [2.24, 2.45) is 0 Å². The van der Waals surface area contributed by atoms with E-state index in [4.69, 9.17) is 4.74 Å². The summed E-state index contributed by atoms with van der Waals surface area (Å²) in [7, 11) is 1.56. The van der Waals surface area contributed by atoms with Crippen LogP contribution in [0.15, 0.2) is 36.7 Å². The molecule has 1 fully saturated rings. The first-order chi connectivity index (χ1) is 11.5. The van der Waals surface area contributed by atoms with Crippen LogP contribution in [-0.4, -0.2) is 46.9 Å². The quantitative estimate of drug-likeness (QED) is 0.724. The normalized spacial score (nSPS) is 20.6. The molecule has 0 spiro atoms. The first-order valence-electron chi connectivity index (χ1n) is 7.50. The molecular formula is C16H18F2N4O2. The Balaban J connectivity index is 1.76. The number of nitrogens with one attached hydrogen (secondary N) is 2. The number of para-hydroxylation sites is 1. The lowest BCUT2D eigenvalue weighted by Crippen LogP contribution is -2.40. The second kappa shape index (κ2) is 6.66. The predicted molar refractivity (Wildman–Crippen MR) is 85.0 cm³/mol. The van der Waals surface area contributed by atoms with E-state index in [9.17, 15) is 13.9 Å². The van der Waals surface area contributed by atoms with E-state index in [2.05, 4.69) is 20.6 Å². The molecule has 0 bridgehead atoms. The van der Waals surface area contributed by atoms with Gasteiger partial charge in [0.1, 0.15) is 24.1 Å². The fourth-order valence-electron chi connectivity index (χ4n) is 2.66. The second-order valence-electron chi connectivity index (χ2n) is 5.63. The van der Waals surface area contributed by atoms with Gasteiger partial charge >= 0.3 is 0 Å². The van der Waals surface area contributed by atoms with Gasteiger partial charge in [0.25, 0.3) is 5.92 Å². The highest BCUT2D eigenvalue weighted by atomic mass is 19.3. The van der Waals surface area contributed by atoms with Gasteiger partial charge in [0.05, 0.1) is 25.4 Å². The van der Waals surface area contributed by atoms with Crippen LogP contribution < -0.4 is 15.4 Å². The molecule has 3 rings (SSSR count). The topological polar surface area (TPSA) is 79.3 Å². The van der Waals surface area contributed by atoms with E-state index in [-0.39, 0.29) is 0 Å². The minimum absolute atomic E-state index is 0.343. The summed E-state index contributed by atoms with van der Waals surface area (Å²) in [4.78, 5) is 8.23. The molecule has 0 saturated carbocycles. The smallest absolute Gasteiger partial charge is 0.262 e. The van der Waals surface area contributed by atoms with Crippen molar-refractivity contribution in [3.05, 3.63) is 36.7 Å². The Hall–Kier alpha value is -2.32. The number of ether oxygens (including phenoxy) is 1. The molecule has 1 aromatic carbocycles. The Kier molecular flexibility index (Phi) is 4.59. The van der Waals surface area contributed by atoms with Crippen LogP contribution in [0.1, 0.15) is 6.42 Å². The molecule has 3 N–H and O–H groups in total. The number of aliphatic hydroxyl groups excluding tert-OH is 1. The van der Waals surface area contributed by atoms with E-state index in [0.29, 0.717) is 17.3 Å². The molecule has 0 amide bonds. The Morgan fingerprint density at radius 1 is 1.38 bits per heavy atom. The van der Waals surface area contributed by atoms with Gasteiger partial charge < -0.3 is 20.5 Å². The Morgan fingerprint density at radius 2 is 2.17 bits per heavy atom. The number of anilines is 1. The van der Waals surface area contributed by atoms with Gasteiger partial charge in [-0.15, -0.1) is 0 Å². The minimum atomic E-state index is -2.80. The summed E-state index contributed by atoms with van der Waals surface area (Å²) in [5.74, 6) is -1.81. The monoisotopic (exact) mass is 336 g/mol. The zero-order valence-electron chi connectivity index (χ0n) is 13.0. The first kappa shape index (κ1) is 16.5. The van der Waals surface area contributed by atoms with E-state index < -0.39 is 31.2 Å². The third-order valence-corrected chi connectivity index (χ3v) is 3.87. The van der Waals surface area contributed by atoms with E-state index in [1.54, 1.807) is 13.2 Å². The number of methoxy groups -OCH3 is 1. The summed E-state index contributed by atoms with van der Waals surface area (Å²) in [5, 5.41) is 15.4. The highest BCUT2D eigenvalue weighted by molar-refractivity contribution is 5.68. The third-order valence-electron chi connectivity index (χ3n) is 3.87. The average molecular weight is 336 g/mol. The Bertz CT molecular complexity index is 714. The molecule has 1 aromatic heterocycles. The van der Waals surface area contributed by atoms with Gasteiger partial charge in [-0.05, 0) is 12.1 Å². The van der Waals surface area contributed by atoms with Crippen molar-refractivity contribution in [1.29, 1.82) is 0 Å². The predicted octanol–water partition coefficient (Wildman–Crippen LogP) is 1.88. The molecule has 128 valence electrons. The summed E-state index contributed by atoms with van der Waals surface area (Å²) in [6.07, 6.45) is -0.266. The second-order valence-corrected chi connectivity index (χ2v) is 5.63. The fraction of sp³-hybridized carbons (Fsp3) is 0.375. The zero-order valence-corrected chi connectivity index (χ0v) is 13.0. The maximum atomic E-state index is 13.2. The standard InChI is InChI=1S/C16H18F2N4O2/c1-24-13-5-3-2-4-10(13)11-6-14(21-9-20-11)22-15(23)12-7-16(17,18)8-19-12/h2-6,9,12,15,19,23H,7-8H2,1H3,(H,20,21,22). The van der Waals surface area contributed by atoms with E-state index in [1.165, 1.54) is 6.33 Å². The Labute approximate surface area is 137 Å². The molecule has 6 nitrogen and oxygen atoms in total. The van der Waals surface area contributed by atoms with Crippen molar-refractivity contribution in [1.82, 2.24) is 15.3 Å². The van der Waals surface area contributed by atoms with Crippen LogP contribution in [0.25, 0.3) is 11.3 Å². The average Bonchev–Trinajstić information content (AvgIpc) is 2.95. The lowest BCUT2D eigenvalue weighted by Gasteiger charge is -2.20. The fourth-order valence-corrected chi connectivity index (χ4v) is 2.66. The zero-order chi connectivity index (χ0) is 17.2. The number of aromatic nitrogens is 2. The molecule has 1 saturated heterocycles. The van der Waals surface area contributed by atoms with Gasteiger partial charge in [0.15, 0.2) is 0 Å². The first-order valence-corrected chi connectivity index (χ1v) is 7.50. The van der Waals surface area contributed by atoms with Gasteiger partial charge in [-0.25, -0.2) is 18.7 Å². The number of benzene rings is 1. The number of aliphatic hydroxyl groups is 1. The number of nitrogens with zero attached hydrogens (tertiary/aromatic N) is 2. The molecule has 2 heterocycles. The van der Waals surface area contributed by atoms with Gasteiger partial charge in [-0.3, -0.25) is 0 Å². The van der Waals surface area contributed by atoms with Crippen LogP contribution >= 0.6 is 0 Å². The summed E-state index contributed by atoms with van der Waals surface area (Å²) in [6, 6.07) is 8.24. The number of alkyl halides is 2. The number of rotatable bonds is 5. The third kappa shape index (κ3) is 3.60. The number of hydrogen-bond donors (Lipinski definition) is 3. The van der Waals surface area contributed by atoms with Crippen molar-refractivity contribution >= 4 is 5.82 Å². The van der Waals surface area contributed by atoms with E-state index in [0.717, 1.165) is 5.56 Å². The van der Waals surface area contributed by atoms with Crippen LogP contribution in [0.2, 0.25) is 0 Å². The van der Waals surface area contributed by atoms with Crippen molar-refractivity contribution in [2.75, 3.05) is 19.0 Å². The lowest BCUT2D eigenvalue weighted by molar-refractivity contribution is 0.0159. The van der Waals surface area contributed by atoms with Crippen molar-refractivity contribution < 1.29 is 18.6 Å².